The molecule has 0 spiro atoms. The Balaban J connectivity index is -0.000000224. The van der Waals surface area contributed by atoms with Gasteiger partial charge < -0.3 is 37.3 Å². The Bertz CT molecular complexity index is 141. The van der Waals surface area contributed by atoms with E-state index < -0.39 is 5.41 Å². The Morgan fingerprint density at radius 1 is 0.882 bits per heavy atom. The Morgan fingerprint density at radius 3 is 1.24 bits per heavy atom. The van der Waals surface area contributed by atoms with E-state index in [2.05, 4.69) is 21.1 Å². The van der Waals surface area contributed by atoms with Crippen LogP contribution in [-0.2, 0) is 0 Å². The van der Waals surface area contributed by atoms with Gasteiger partial charge in [0.15, 0.2) is 0 Å². The van der Waals surface area contributed by atoms with Crippen LogP contribution in [0.25, 0.3) is 0 Å². The second-order valence-corrected chi connectivity index (χ2v) is 5.07. The van der Waals surface area contributed by atoms with E-state index in [1.165, 1.54) is 0 Å². The predicted molar refractivity (Wildman–Crippen MR) is 64.0 cm³/mol. The lowest BCUT2D eigenvalue weighted by molar-refractivity contribution is -0.870. The molecule has 17 heavy (non-hydrogen) atoms. The molecule has 0 saturated heterocycles. The second-order valence-electron chi connectivity index (χ2n) is 5.07. The first-order chi connectivity index (χ1) is 7.30. The average molecular weight is 274 g/mol. The van der Waals surface area contributed by atoms with Crippen LogP contribution in [0, 0.1) is 5.41 Å². The topological polar surface area (TPSA) is 80.9 Å². The summed E-state index contributed by atoms with van der Waals surface area (Å²) in [6.45, 7) is 2.47. The van der Waals surface area contributed by atoms with E-state index in [9.17, 15) is 0 Å². The summed E-state index contributed by atoms with van der Waals surface area (Å²) >= 11 is 0. The Kier molecular flexibility index (Phi) is 14.7. The smallest absolute Gasteiger partial charge is 0.101 e. The molecule has 5 nitrogen and oxygen atoms in total. The van der Waals surface area contributed by atoms with Crippen LogP contribution in [0.3, 0.4) is 0 Å². The molecule has 0 aliphatic heterocycles. The van der Waals surface area contributed by atoms with Crippen LogP contribution in [0.2, 0.25) is 0 Å². The number of halogens is 1. The molecule has 0 fully saturated rings. The SMILES string of the molecule is CCC(CO)(CO)CO.C[N+](C)(C)CCO.[Cl-]. The van der Waals surface area contributed by atoms with Crippen molar-refractivity contribution in [1.82, 2.24) is 0 Å². The zero-order chi connectivity index (χ0) is 13.2. The Morgan fingerprint density at radius 2 is 1.24 bits per heavy atom. The molecule has 6 heteroatoms. The van der Waals surface area contributed by atoms with Gasteiger partial charge in [-0.2, -0.15) is 0 Å². The standard InChI is InChI=1S/C6H14O3.C5H14NO.ClH/c1-2-6(3-7,4-8)5-9;1-6(2,3)4-5-7;/h7-9H,2-5H2,1H3;7H,4-5H2,1-3H3;1H/q;+1;/p-1. The number of aliphatic hydroxyl groups is 4. The molecule has 0 saturated carbocycles. The summed E-state index contributed by atoms with van der Waals surface area (Å²) in [5, 5.41) is 34.4. The maximum absolute atomic E-state index is 8.66. The molecule has 108 valence electrons. The Hall–Kier alpha value is 0.0900. The third-order valence-corrected chi connectivity index (χ3v) is 2.53. The van der Waals surface area contributed by atoms with Crippen LogP contribution in [0.15, 0.2) is 0 Å². The fourth-order valence-corrected chi connectivity index (χ4v) is 0.785. The highest BCUT2D eigenvalue weighted by molar-refractivity contribution is 4.74. The minimum atomic E-state index is -0.667. The van der Waals surface area contributed by atoms with Crippen molar-refractivity contribution in [2.75, 3.05) is 54.1 Å². The van der Waals surface area contributed by atoms with Gasteiger partial charge in [-0.15, -0.1) is 0 Å². The molecule has 0 aliphatic rings. The first kappa shape index (κ1) is 22.3. The van der Waals surface area contributed by atoms with Crippen LogP contribution in [0.4, 0.5) is 0 Å². The minimum Gasteiger partial charge on any atom is -1.00 e. The number of hydrogen-bond donors (Lipinski definition) is 4. The summed E-state index contributed by atoms with van der Waals surface area (Å²) < 4.78 is 0.844. The van der Waals surface area contributed by atoms with E-state index in [1.54, 1.807) is 0 Å². The fourth-order valence-electron chi connectivity index (χ4n) is 0.785. The van der Waals surface area contributed by atoms with E-state index in [0.29, 0.717) is 6.42 Å². The zero-order valence-corrected chi connectivity index (χ0v) is 12.1. The molecule has 0 rings (SSSR count). The molecule has 4 N–H and O–H groups in total. The summed E-state index contributed by atoms with van der Waals surface area (Å²) in [6.07, 6.45) is 0.594. The number of likely N-dealkylation sites (N-methyl/N-ethyl adjacent to an activating group) is 1. The monoisotopic (exact) mass is 273 g/mol. The maximum atomic E-state index is 8.66. The molecule has 0 heterocycles. The molecule has 0 atom stereocenters. The highest BCUT2D eigenvalue weighted by Gasteiger charge is 2.24. The third-order valence-electron chi connectivity index (χ3n) is 2.53. The Labute approximate surface area is 111 Å². The van der Waals surface area contributed by atoms with Crippen molar-refractivity contribution < 1.29 is 37.3 Å². The summed E-state index contributed by atoms with van der Waals surface area (Å²) in [5.74, 6) is 0. The largest absolute Gasteiger partial charge is 1.00 e. The highest BCUT2D eigenvalue weighted by atomic mass is 35.5. The lowest BCUT2D eigenvalue weighted by Crippen LogP contribution is -3.00. The van der Waals surface area contributed by atoms with Crippen LogP contribution < -0.4 is 12.4 Å². The summed E-state index contributed by atoms with van der Waals surface area (Å²) in [5.41, 5.74) is -0.667. The van der Waals surface area contributed by atoms with E-state index in [4.69, 9.17) is 20.4 Å². The molecule has 0 amide bonds. The normalized spacial score (nSPS) is 11.3. The minimum absolute atomic E-state index is 0. The molecule has 0 aromatic rings. The van der Waals surface area contributed by atoms with Crippen molar-refractivity contribution in [1.29, 1.82) is 0 Å². The number of rotatable bonds is 6. The van der Waals surface area contributed by atoms with Crippen molar-refractivity contribution in [3.8, 4) is 0 Å². The fraction of sp³-hybridized carbons (Fsp3) is 1.00. The van der Waals surface area contributed by atoms with Crippen molar-refractivity contribution in [3.63, 3.8) is 0 Å². The maximum Gasteiger partial charge on any atom is 0.101 e. The molecular formula is C11H28ClNO4. The van der Waals surface area contributed by atoms with Crippen molar-refractivity contribution in [2.24, 2.45) is 5.41 Å². The first-order valence-corrected chi connectivity index (χ1v) is 5.54. The van der Waals surface area contributed by atoms with Crippen LogP contribution in [-0.4, -0.2) is 79.0 Å². The van der Waals surface area contributed by atoms with Gasteiger partial charge in [0.1, 0.15) is 6.54 Å². The van der Waals surface area contributed by atoms with Crippen molar-refractivity contribution in [2.45, 2.75) is 13.3 Å². The molecular weight excluding hydrogens is 246 g/mol. The number of aliphatic hydroxyl groups excluding tert-OH is 4. The van der Waals surface area contributed by atoms with Crippen LogP contribution in [0.5, 0.6) is 0 Å². The lowest BCUT2D eigenvalue weighted by atomic mass is 9.88. The van der Waals surface area contributed by atoms with Crippen LogP contribution in [0.1, 0.15) is 13.3 Å². The molecule has 0 aliphatic carbocycles. The van der Waals surface area contributed by atoms with Gasteiger partial charge in [0.2, 0.25) is 0 Å². The zero-order valence-electron chi connectivity index (χ0n) is 11.4. The van der Waals surface area contributed by atoms with Gasteiger partial charge in [0.05, 0.1) is 47.6 Å². The third kappa shape index (κ3) is 12.3. The van der Waals surface area contributed by atoms with E-state index >= 15 is 0 Å². The summed E-state index contributed by atoms with van der Waals surface area (Å²) in [6, 6.07) is 0. The quantitative estimate of drug-likeness (QED) is 0.373. The number of nitrogens with zero attached hydrogens (tertiary/aromatic N) is 1. The molecule has 0 aromatic carbocycles. The van der Waals surface area contributed by atoms with Gasteiger partial charge >= 0.3 is 0 Å². The van der Waals surface area contributed by atoms with Gasteiger partial charge in [-0.25, -0.2) is 0 Å². The van der Waals surface area contributed by atoms with Gasteiger partial charge in [-0.1, -0.05) is 6.92 Å². The highest BCUT2D eigenvalue weighted by Crippen LogP contribution is 2.18. The molecule has 0 unspecified atom stereocenters. The molecule has 0 aromatic heterocycles. The second kappa shape index (κ2) is 11.2. The number of quaternary nitrogens is 1. The van der Waals surface area contributed by atoms with Gasteiger partial charge in [-0.3, -0.25) is 0 Å². The lowest BCUT2D eigenvalue weighted by Gasteiger charge is -2.24. The number of hydrogen-bond acceptors (Lipinski definition) is 4. The van der Waals surface area contributed by atoms with Gasteiger partial charge in [-0.05, 0) is 6.42 Å². The van der Waals surface area contributed by atoms with E-state index in [0.717, 1.165) is 11.0 Å². The summed E-state index contributed by atoms with van der Waals surface area (Å²) in [7, 11) is 6.16. The molecule has 0 bridgehead atoms. The van der Waals surface area contributed by atoms with Gasteiger partial charge in [0, 0.05) is 5.41 Å². The first-order valence-electron chi connectivity index (χ1n) is 5.54. The molecule has 0 radical (unpaired) electrons. The van der Waals surface area contributed by atoms with Crippen molar-refractivity contribution in [3.05, 3.63) is 0 Å². The van der Waals surface area contributed by atoms with Crippen LogP contribution >= 0.6 is 0 Å². The van der Waals surface area contributed by atoms with Gasteiger partial charge in [0.25, 0.3) is 0 Å². The predicted octanol–water partition coefficient (Wildman–Crippen LogP) is -3.95. The average Bonchev–Trinajstić information content (AvgIpc) is 2.21. The van der Waals surface area contributed by atoms with Crippen molar-refractivity contribution >= 4 is 0 Å². The summed E-state index contributed by atoms with van der Waals surface area (Å²) in [4.78, 5) is 0. The van der Waals surface area contributed by atoms with E-state index in [1.807, 2.05) is 6.92 Å². The van der Waals surface area contributed by atoms with E-state index in [-0.39, 0.29) is 38.8 Å².